The Hall–Kier alpha value is -0.590. The minimum absolute atomic E-state index is 0.947. The highest BCUT2D eigenvalue weighted by Crippen LogP contribution is 2.08. The van der Waals surface area contributed by atoms with Crippen molar-refractivity contribution >= 4 is 6.29 Å². The van der Waals surface area contributed by atoms with E-state index in [-0.39, 0.29) is 0 Å². The summed E-state index contributed by atoms with van der Waals surface area (Å²) in [5.74, 6) is 0. The lowest BCUT2D eigenvalue weighted by atomic mass is 10.1. The Morgan fingerprint density at radius 1 is 1.40 bits per heavy atom. The average Bonchev–Trinajstić information content (AvgIpc) is 1.89. The first-order chi connectivity index (χ1) is 4.72. The fourth-order valence-corrected chi connectivity index (χ4v) is 0.794. The van der Waals surface area contributed by atoms with Gasteiger partial charge >= 0.3 is 0 Å². The Morgan fingerprint density at radius 2 is 2.00 bits per heavy atom. The van der Waals surface area contributed by atoms with Crippen LogP contribution in [0.5, 0.6) is 0 Å². The molecule has 0 unspecified atom stereocenters. The molecule has 0 N–H and O–H groups in total. The molecule has 0 amide bonds. The van der Waals surface area contributed by atoms with Gasteiger partial charge in [-0.25, -0.2) is 0 Å². The normalized spacial score (nSPS) is 9.10. The van der Waals surface area contributed by atoms with E-state index < -0.39 is 0 Å². The van der Waals surface area contributed by atoms with Crippen LogP contribution in [0.25, 0.3) is 0 Å². The van der Waals surface area contributed by atoms with E-state index in [2.05, 4.69) is 6.92 Å². The Bertz CT molecular complexity index is 130. The zero-order chi connectivity index (χ0) is 7.98. The second kappa shape index (κ2) is 5.21. The predicted molar refractivity (Wildman–Crippen MR) is 44.0 cm³/mol. The fraction of sp³-hybridized carbons (Fsp3) is 0.667. The maximum atomic E-state index is 10.4. The summed E-state index contributed by atoms with van der Waals surface area (Å²) < 4.78 is 0. The first kappa shape index (κ1) is 9.41. The van der Waals surface area contributed by atoms with E-state index in [1.54, 1.807) is 0 Å². The predicted octanol–water partition coefficient (Wildman–Crippen LogP) is 2.71. The lowest BCUT2D eigenvalue weighted by Crippen LogP contribution is -1.87. The molecule has 0 atom stereocenters. The molecule has 1 nitrogen and oxygen atoms in total. The second-order valence-corrected chi connectivity index (χ2v) is 2.75. The molecule has 0 aromatic heterocycles. The molecule has 0 bridgehead atoms. The molecule has 0 aromatic carbocycles. The zero-order valence-corrected chi connectivity index (χ0v) is 7.11. The standard InChI is InChI=1S/C9H16O/c1-4-5-6-9(7-10)8(2)3/h7H,4-6H2,1-3H3. The van der Waals surface area contributed by atoms with E-state index >= 15 is 0 Å². The van der Waals surface area contributed by atoms with Crippen molar-refractivity contribution in [3.8, 4) is 0 Å². The van der Waals surface area contributed by atoms with Crippen molar-refractivity contribution in [3.63, 3.8) is 0 Å². The summed E-state index contributed by atoms with van der Waals surface area (Å²) in [6.45, 7) is 6.10. The van der Waals surface area contributed by atoms with Crippen molar-refractivity contribution in [1.29, 1.82) is 0 Å². The molecule has 0 fully saturated rings. The summed E-state index contributed by atoms with van der Waals surface area (Å²) in [7, 11) is 0. The molecule has 58 valence electrons. The molecule has 0 saturated heterocycles. The van der Waals surface area contributed by atoms with Gasteiger partial charge in [0.1, 0.15) is 6.29 Å². The van der Waals surface area contributed by atoms with Crippen LogP contribution in [0.3, 0.4) is 0 Å². The van der Waals surface area contributed by atoms with Gasteiger partial charge in [-0.1, -0.05) is 18.9 Å². The van der Waals surface area contributed by atoms with Crippen LogP contribution < -0.4 is 0 Å². The molecular formula is C9H16O. The third kappa shape index (κ3) is 3.44. The molecule has 0 saturated carbocycles. The monoisotopic (exact) mass is 140 g/mol. The molecule has 0 aliphatic carbocycles. The largest absolute Gasteiger partial charge is 0.298 e. The van der Waals surface area contributed by atoms with Crippen LogP contribution >= 0.6 is 0 Å². The van der Waals surface area contributed by atoms with Crippen molar-refractivity contribution in [2.75, 3.05) is 0 Å². The number of hydrogen-bond donors (Lipinski definition) is 0. The van der Waals surface area contributed by atoms with Crippen LogP contribution in [0.15, 0.2) is 11.1 Å². The van der Waals surface area contributed by atoms with Crippen LogP contribution in [-0.2, 0) is 4.79 Å². The van der Waals surface area contributed by atoms with Gasteiger partial charge in [-0.05, 0) is 32.3 Å². The fourth-order valence-electron chi connectivity index (χ4n) is 0.794. The van der Waals surface area contributed by atoms with Crippen molar-refractivity contribution in [2.24, 2.45) is 0 Å². The molecule has 0 radical (unpaired) electrons. The highest BCUT2D eigenvalue weighted by molar-refractivity contribution is 5.74. The van der Waals surface area contributed by atoms with Crippen LogP contribution in [0.2, 0.25) is 0 Å². The summed E-state index contributed by atoms with van der Waals surface area (Å²) in [5.41, 5.74) is 2.13. The lowest BCUT2D eigenvalue weighted by molar-refractivity contribution is -0.105. The number of hydrogen-bond acceptors (Lipinski definition) is 1. The molecular weight excluding hydrogens is 124 g/mol. The molecule has 0 rings (SSSR count). The molecule has 0 aliphatic heterocycles. The van der Waals surface area contributed by atoms with Gasteiger partial charge in [0.15, 0.2) is 0 Å². The van der Waals surface area contributed by atoms with Crippen LogP contribution in [0.1, 0.15) is 40.0 Å². The summed E-state index contributed by atoms with van der Waals surface area (Å²) >= 11 is 0. The maximum absolute atomic E-state index is 10.4. The van der Waals surface area contributed by atoms with Crippen molar-refractivity contribution < 1.29 is 4.79 Å². The van der Waals surface area contributed by atoms with Gasteiger partial charge in [0, 0.05) is 0 Å². The van der Waals surface area contributed by atoms with Crippen LogP contribution in [0.4, 0.5) is 0 Å². The number of carbonyl (C=O) groups is 1. The number of carbonyl (C=O) groups excluding carboxylic acids is 1. The number of unbranched alkanes of at least 4 members (excludes halogenated alkanes) is 1. The highest BCUT2D eigenvalue weighted by atomic mass is 16.1. The molecule has 0 aromatic rings. The summed E-state index contributed by atoms with van der Waals surface area (Å²) in [6, 6.07) is 0. The van der Waals surface area contributed by atoms with Crippen molar-refractivity contribution in [2.45, 2.75) is 40.0 Å². The zero-order valence-electron chi connectivity index (χ0n) is 7.11. The quantitative estimate of drug-likeness (QED) is 0.433. The van der Waals surface area contributed by atoms with Gasteiger partial charge < -0.3 is 0 Å². The first-order valence-electron chi connectivity index (χ1n) is 3.84. The van der Waals surface area contributed by atoms with Crippen molar-refractivity contribution in [1.82, 2.24) is 0 Å². The van der Waals surface area contributed by atoms with Gasteiger partial charge in [-0.2, -0.15) is 0 Å². The minimum atomic E-state index is 0.947. The van der Waals surface area contributed by atoms with Gasteiger partial charge in [0.05, 0.1) is 0 Å². The molecule has 0 heterocycles. The van der Waals surface area contributed by atoms with Gasteiger partial charge in [0.25, 0.3) is 0 Å². The first-order valence-corrected chi connectivity index (χ1v) is 3.84. The molecule has 10 heavy (non-hydrogen) atoms. The van der Waals surface area contributed by atoms with Crippen molar-refractivity contribution in [3.05, 3.63) is 11.1 Å². The van der Waals surface area contributed by atoms with E-state index in [1.165, 1.54) is 0 Å². The third-order valence-corrected chi connectivity index (χ3v) is 1.58. The van der Waals surface area contributed by atoms with E-state index in [0.29, 0.717) is 0 Å². The molecule has 0 spiro atoms. The van der Waals surface area contributed by atoms with Gasteiger partial charge in [0.2, 0.25) is 0 Å². The minimum Gasteiger partial charge on any atom is -0.298 e. The molecule has 1 heteroatoms. The highest BCUT2D eigenvalue weighted by Gasteiger charge is 1.95. The SMILES string of the molecule is CCCCC(C=O)=C(C)C. The topological polar surface area (TPSA) is 17.1 Å². The Morgan fingerprint density at radius 3 is 2.30 bits per heavy atom. The van der Waals surface area contributed by atoms with Crippen LogP contribution in [-0.4, -0.2) is 6.29 Å². The van der Waals surface area contributed by atoms with E-state index in [9.17, 15) is 4.79 Å². The summed E-state index contributed by atoms with van der Waals surface area (Å²) in [5, 5.41) is 0. The van der Waals surface area contributed by atoms with E-state index in [4.69, 9.17) is 0 Å². The number of aldehydes is 1. The number of allylic oxidation sites excluding steroid dienone is 2. The Balaban J connectivity index is 3.85. The lowest BCUT2D eigenvalue weighted by Gasteiger charge is -1.99. The smallest absolute Gasteiger partial charge is 0.145 e. The number of rotatable bonds is 4. The van der Waals surface area contributed by atoms with Crippen LogP contribution in [0, 0.1) is 0 Å². The van der Waals surface area contributed by atoms with E-state index in [1.807, 2.05) is 13.8 Å². The van der Waals surface area contributed by atoms with Gasteiger partial charge in [-0.15, -0.1) is 0 Å². The van der Waals surface area contributed by atoms with E-state index in [0.717, 1.165) is 36.7 Å². The third-order valence-electron chi connectivity index (χ3n) is 1.58. The van der Waals surface area contributed by atoms with Gasteiger partial charge in [-0.3, -0.25) is 4.79 Å². The summed E-state index contributed by atoms with van der Waals surface area (Å²) in [4.78, 5) is 10.4. The second-order valence-electron chi connectivity index (χ2n) is 2.75. The average molecular weight is 140 g/mol. The maximum Gasteiger partial charge on any atom is 0.145 e. The summed E-state index contributed by atoms with van der Waals surface area (Å²) in [6.07, 6.45) is 4.21. The Labute approximate surface area is 63.1 Å². The Kier molecular flexibility index (Phi) is 4.91. The molecule has 0 aliphatic rings.